The second kappa shape index (κ2) is 8.16. The zero-order chi connectivity index (χ0) is 22.2. The first-order valence-corrected chi connectivity index (χ1v) is 11.1. The van der Waals surface area contributed by atoms with Crippen molar-refractivity contribution in [3.05, 3.63) is 61.2 Å². The monoisotopic (exact) mass is 448 g/mol. The SMILES string of the molecule is C=CC(=O)N1CCC[C@@H](n2nc(-c3ccc(-c4ccc(F)cc4)s3)c3c(N)ncnc32)C1. The minimum Gasteiger partial charge on any atom is -0.383 e. The number of nitrogens with two attached hydrogens (primary N) is 1. The molecule has 4 heterocycles. The van der Waals surface area contributed by atoms with Crippen LogP contribution in [0.2, 0.25) is 0 Å². The molecule has 3 aromatic heterocycles. The smallest absolute Gasteiger partial charge is 0.246 e. The molecule has 7 nitrogen and oxygen atoms in total. The number of rotatable bonds is 4. The van der Waals surface area contributed by atoms with Gasteiger partial charge in [-0.15, -0.1) is 11.3 Å². The highest BCUT2D eigenvalue weighted by Crippen LogP contribution is 2.39. The molecule has 1 aliphatic rings. The number of carbonyl (C=O) groups excluding carboxylic acids is 1. The molecule has 4 aromatic rings. The molecule has 0 radical (unpaired) electrons. The Kier molecular flexibility index (Phi) is 5.18. The van der Waals surface area contributed by atoms with Crippen LogP contribution in [0.1, 0.15) is 18.9 Å². The lowest BCUT2D eigenvalue weighted by Gasteiger charge is -2.32. The molecule has 1 fully saturated rings. The molecule has 0 unspecified atom stereocenters. The highest BCUT2D eigenvalue weighted by Gasteiger charge is 2.28. The van der Waals surface area contributed by atoms with E-state index < -0.39 is 0 Å². The first kappa shape index (κ1) is 20.3. The zero-order valence-corrected chi connectivity index (χ0v) is 18.1. The van der Waals surface area contributed by atoms with Gasteiger partial charge in [-0.1, -0.05) is 18.7 Å². The fourth-order valence-corrected chi connectivity index (χ4v) is 5.14. The summed E-state index contributed by atoms with van der Waals surface area (Å²) >= 11 is 1.55. The second-order valence-electron chi connectivity index (χ2n) is 7.71. The maximum absolute atomic E-state index is 13.3. The number of halogens is 1. The van der Waals surface area contributed by atoms with E-state index in [4.69, 9.17) is 10.8 Å². The summed E-state index contributed by atoms with van der Waals surface area (Å²) in [5, 5.41) is 5.61. The summed E-state index contributed by atoms with van der Waals surface area (Å²) in [6, 6.07) is 10.4. The van der Waals surface area contributed by atoms with E-state index in [9.17, 15) is 9.18 Å². The van der Waals surface area contributed by atoms with Crippen molar-refractivity contribution in [3.8, 4) is 21.0 Å². The lowest BCUT2D eigenvalue weighted by Crippen LogP contribution is -2.40. The Bertz CT molecular complexity index is 1310. The van der Waals surface area contributed by atoms with E-state index in [1.54, 1.807) is 28.4 Å². The van der Waals surface area contributed by atoms with Gasteiger partial charge in [0.25, 0.3) is 0 Å². The standard InChI is InChI=1S/C23H21FN6OS/c1-2-19(31)29-11-3-4-16(12-29)30-23-20(22(25)26-13-27-23)21(28-30)18-10-9-17(32-18)14-5-7-15(24)8-6-14/h2,5-10,13,16H,1,3-4,11-12H2,(H2,25,26,27)/t16-/m1/s1. The van der Waals surface area contributed by atoms with E-state index in [2.05, 4.69) is 16.5 Å². The molecule has 1 aromatic carbocycles. The Morgan fingerprint density at radius 1 is 1.19 bits per heavy atom. The van der Waals surface area contributed by atoms with Crippen molar-refractivity contribution >= 4 is 34.1 Å². The second-order valence-corrected chi connectivity index (χ2v) is 8.79. The van der Waals surface area contributed by atoms with Crippen molar-refractivity contribution in [2.24, 2.45) is 0 Å². The van der Waals surface area contributed by atoms with Gasteiger partial charge in [0.1, 0.15) is 23.7 Å². The van der Waals surface area contributed by atoms with Gasteiger partial charge < -0.3 is 10.6 Å². The summed E-state index contributed by atoms with van der Waals surface area (Å²) in [6.45, 7) is 4.84. The number of aromatic nitrogens is 4. The first-order chi connectivity index (χ1) is 15.5. The van der Waals surface area contributed by atoms with Crippen molar-refractivity contribution in [1.82, 2.24) is 24.6 Å². The van der Waals surface area contributed by atoms with Crippen LogP contribution in [0.15, 0.2) is 55.4 Å². The van der Waals surface area contributed by atoms with Gasteiger partial charge in [-0.3, -0.25) is 4.79 Å². The number of fused-ring (bicyclic) bond motifs is 1. The van der Waals surface area contributed by atoms with Crippen LogP contribution in [0.4, 0.5) is 10.2 Å². The third-order valence-electron chi connectivity index (χ3n) is 5.71. The van der Waals surface area contributed by atoms with E-state index in [1.807, 2.05) is 16.8 Å². The summed E-state index contributed by atoms with van der Waals surface area (Å²) in [5.74, 6) is 0.0159. The normalized spacial score (nSPS) is 16.4. The number of benzene rings is 1. The van der Waals surface area contributed by atoms with Crippen molar-refractivity contribution in [2.45, 2.75) is 18.9 Å². The van der Waals surface area contributed by atoms with Gasteiger partial charge >= 0.3 is 0 Å². The number of anilines is 1. The predicted molar refractivity (Wildman–Crippen MR) is 123 cm³/mol. The summed E-state index contributed by atoms with van der Waals surface area (Å²) in [6.07, 6.45) is 4.53. The third-order valence-corrected chi connectivity index (χ3v) is 6.86. The van der Waals surface area contributed by atoms with Crippen molar-refractivity contribution < 1.29 is 9.18 Å². The Labute approximate surface area is 188 Å². The maximum Gasteiger partial charge on any atom is 0.246 e. The Hall–Kier alpha value is -3.59. The quantitative estimate of drug-likeness (QED) is 0.470. The number of thiophene rings is 1. The summed E-state index contributed by atoms with van der Waals surface area (Å²) in [4.78, 5) is 24.5. The Morgan fingerprint density at radius 3 is 2.75 bits per heavy atom. The molecule has 2 N–H and O–H groups in total. The fraction of sp³-hybridized carbons (Fsp3) is 0.217. The number of likely N-dealkylation sites (tertiary alicyclic amines) is 1. The van der Waals surface area contributed by atoms with Crippen LogP contribution in [0.5, 0.6) is 0 Å². The van der Waals surface area contributed by atoms with Crippen molar-refractivity contribution in [1.29, 1.82) is 0 Å². The Balaban J connectivity index is 1.57. The number of piperidine rings is 1. The number of hydrogen-bond acceptors (Lipinski definition) is 6. The number of amides is 1. The largest absolute Gasteiger partial charge is 0.383 e. The van der Waals surface area contributed by atoms with E-state index >= 15 is 0 Å². The van der Waals surface area contributed by atoms with Crippen LogP contribution < -0.4 is 5.73 Å². The van der Waals surface area contributed by atoms with Crippen LogP contribution >= 0.6 is 11.3 Å². The van der Waals surface area contributed by atoms with Crippen LogP contribution in [0, 0.1) is 5.82 Å². The predicted octanol–water partition coefficient (Wildman–Crippen LogP) is 4.29. The number of carbonyl (C=O) groups is 1. The van der Waals surface area contributed by atoms with Gasteiger partial charge in [-0.25, -0.2) is 19.0 Å². The van der Waals surface area contributed by atoms with Gasteiger partial charge in [-0.2, -0.15) is 5.10 Å². The van der Waals surface area contributed by atoms with Crippen LogP contribution in [-0.2, 0) is 4.79 Å². The topological polar surface area (TPSA) is 89.9 Å². The van der Waals surface area contributed by atoms with Gasteiger partial charge in [-0.05, 0) is 48.7 Å². The van der Waals surface area contributed by atoms with Gasteiger partial charge in [0, 0.05) is 18.0 Å². The van der Waals surface area contributed by atoms with E-state index in [-0.39, 0.29) is 17.8 Å². The molecule has 0 aliphatic carbocycles. The number of nitrogen functional groups attached to an aromatic ring is 1. The molecule has 9 heteroatoms. The lowest BCUT2D eigenvalue weighted by atomic mass is 10.1. The van der Waals surface area contributed by atoms with E-state index in [1.165, 1.54) is 24.5 Å². The first-order valence-electron chi connectivity index (χ1n) is 10.3. The molecule has 162 valence electrons. The van der Waals surface area contributed by atoms with Gasteiger partial charge in [0.2, 0.25) is 5.91 Å². The molecule has 0 spiro atoms. The highest BCUT2D eigenvalue weighted by atomic mass is 32.1. The molecule has 0 bridgehead atoms. The van der Waals surface area contributed by atoms with Crippen LogP contribution in [0.3, 0.4) is 0 Å². The minimum absolute atomic E-state index is 0.0188. The average molecular weight is 449 g/mol. The average Bonchev–Trinajstić information content (AvgIpc) is 3.45. The molecule has 5 rings (SSSR count). The van der Waals surface area contributed by atoms with Gasteiger partial charge in [0.05, 0.1) is 16.3 Å². The summed E-state index contributed by atoms with van der Waals surface area (Å²) in [5.41, 5.74) is 8.55. The summed E-state index contributed by atoms with van der Waals surface area (Å²) < 4.78 is 15.2. The third kappa shape index (κ3) is 3.54. The lowest BCUT2D eigenvalue weighted by molar-refractivity contribution is -0.127. The Morgan fingerprint density at radius 2 is 1.97 bits per heavy atom. The number of nitrogens with zero attached hydrogens (tertiary/aromatic N) is 5. The minimum atomic E-state index is -0.267. The molecule has 0 saturated carbocycles. The molecular weight excluding hydrogens is 427 g/mol. The summed E-state index contributed by atoms with van der Waals surface area (Å²) in [7, 11) is 0. The molecule has 1 aliphatic heterocycles. The fourth-order valence-electron chi connectivity index (χ4n) is 4.14. The zero-order valence-electron chi connectivity index (χ0n) is 17.2. The van der Waals surface area contributed by atoms with Crippen LogP contribution in [-0.4, -0.2) is 43.6 Å². The van der Waals surface area contributed by atoms with E-state index in [0.29, 0.717) is 35.6 Å². The molecular formula is C23H21FN6OS. The van der Waals surface area contributed by atoms with Crippen molar-refractivity contribution in [3.63, 3.8) is 0 Å². The molecule has 1 atom stereocenters. The molecule has 32 heavy (non-hydrogen) atoms. The van der Waals surface area contributed by atoms with Crippen LogP contribution in [0.25, 0.3) is 32.0 Å². The number of hydrogen-bond donors (Lipinski definition) is 1. The van der Waals surface area contributed by atoms with E-state index in [0.717, 1.165) is 28.2 Å². The highest BCUT2D eigenvalue weighted by molar-refractivity contribution is 7.18. The van der Waals surface area contributed by atoms with Gasteiger partial charge in [0.15, 0.2) is 5.65 Å². The maximum atomic E-state index is 13.3. The molecule has 1 saturated heterocycles. The molecule has 1 amide bonds. The van der Waals surface area contributed by atoms with Crippen molar-refractivity contribution in [2.75, 3.05) is 18.8 Å².